The molecule has 1 N–H and O–H groups in total. The van der Waals surface area contributed by atoms with Crippen molar-refractivity contribution in [2.75, 3.05) is 18.9 Å². The lowest BCUT2D eigenvalue weighted by molar-refractivity contribution is -0.385. The van der Waals surface area contributed by atoms with Gasteiger partial charge < -0.3 is 10.2 Å². The summed E-state index contributed by atoms with van der Waals surface area (Å²) in [6, 6.07) is 11.2. The van der Waals surface area contributed by atoms with Crippen LogP contribution >= 0.6 is 0 Å². The SMILES string of the molecule is Cc1cccc(NC(=O)CN(C)C(=O)c2ccccc2[N+](=O)[O-])c1C. The molecule has 0 aromatic heterocycles. The minimum atomic E-state index is -0.614. The van der Waals surface area contributed by atoms with Gasteiger partial charge in [0.05, 0.1) is 11.5 Å². The fourth-order valence-electron chi connectivity index (χ4n) is 2.38. The highest BCUT2D eigenvalue weighted by Gasteiger charge is 2.23. The number of nitro benzene ring substituents is 1. The average Bonchev–Trinajstić information content (AvgIpc) is 2.58. The van der Waals surface area contributed by atoms with E-state index in [1.165, 1.54) is 25.2 Å². The lowest BCUT2D eigenvalue weighted by atomic mass is 10.1. The zero-order valence-electron chi connectivity index (χ0n) is 14.3. The number of carbonyl (C=O) groups excluding carboxylic acids is 2. The molecule has 0 radical (unpaired) electrons. The summed E-state index contributed by atoms with van der Waals surface area (Å²) in [6.45, 7) is 3.63. The number of benzene rings is 2. The van der Waals surface area contributed by atoms with Gasteiger partial charge in [-0.2, -0.15) is 0 Å². The Bertz CT molecular complexity index is 833. The number of para-hydroxylation sites is 1. The summed E-state index contributed by atoms with van der Waals surface area (Å²) in [5.74, 6) is -0.952. The number of aryl methyl sites for hydroxylation is 1. The molecule has 2 amide bonds. The van der Waals surface area contributed by atoms with Gasteiger partial charge in [-0.3, -0.25) is 19.7 Å². The number of nitrogens with one attached hydrogen (secondary N) is 1. The average molecular weight is 341 g/mol. The third-order valence-electron chi connectivity index (χ3n) is 3.94. The predicted molar refractivity (Wildman–Crippen MR) is 94.6 cm³/mol. The van der Waals surface area contributed by atoms with Gasteiger partial charge in [0.2, 0.25) is 5.91 Å². The molecule has 0 heterocycles. The molecule has 0 aliphatic carbocycles. The highest BCUT2D eigenvalue weighted by Crippen LogP contribution is 2.20. The Morgan fingerprint density at radius 2 is 1.80 bits per heavy atom. The highest BCUT2D eigenvalue weighted by atomic mass is 16.6. The van der Waals surface area contributed by atoms with Crippen molar-refractivity contribution in [3.63, 3.8) is 0 Å². The Balaban J connectivity index is 2.10. The molecule has 0 fully saturated rings. The fraction of sp³-hybridized carbons (Fsp3) is 0.222. The molecule has 7 nitrogen and oxygen atoms in total. The number of hydrogen-bond donors (Lipinski definition) is 1. The molecule has 7 heteroatoms. The summed E-state index contributed by atoms with van der Waals surface area (Å²) in [6.07, 6.45) is 0. The quantitative estimate of drug-likeness (QED) is 0.668. The van der Waals surface area contributed by atoms with E-state index in [1.54, 1.807) is 12.1 Å². The summed E-state index contributed by atoms with van der Waals surface area (Å²) < 4.78 is 0. The van der Waals surface area contributed by atoms with E-state index >= 15 is 0 Å². The van der Waals surface area contributed by atoms with Crippen LogP contribution in [0.1, 0.15) is 21.5 Å². The first-order valence-electron chi connectivity index (χ1n) is 7.66. The topological polar surface area (TPSA) is 92.6 Å². The van der Waals surface area contributed by atoms with Crippen molar-refractivity contribution < 1.29 is 14.5 Å². The molecule has 2 aromatic carbocycles. The van der Waals surface area contributed by atoms with Crippen LogP contribution in [0.2, 0.25) is 0 Å². The molecule has 0 aliphatic rings. The van der Waals surface area contributed by atoms with Crippen LogP contribution in [0.3, 0.4) is 0 Å². The highest BCUT2D eigenvalue weighted by molar-refractivity contribution is 6.01. The molecule has 25 heavy (non-hydrogen) atoms. The van der Waals surface area contributed by atoms with Gasteiger partial charge in [0.1, 0.15) is 5.56 Å². The summed E-state index contributed by atoms with van der Waals surface area (Å²) in [7, 11) is 1.43. The largest absolute Gasteiger partial charge is 0.332 e. The predicted octanol–water partition coefficient (Wildman–Crippen LogP) is 2.92. The maximum absolute atomic E-state index is 12.4. The third kappa shape index (κ3) is 4.20. The summed E-state index contributed by atoms with van der Waals surface area (Å²) in [5, 5.41) is 13.8. The number of likely N-dealkylation sites (N-methyl/N-ethyl adjacent to an activating group) is 1. The van der Waals surface area contributed by atoms with Gasteiger partial charge in [-0.25, -0.2) is 0 Å². The van der Waals surface area contributed by atoms with Crippen molar-refractivity contribution >= 4 is 23.2 Å². The number of rotatable bonds is 5. The number of nitrogens with zero attached hydrogens (tertiary/aromatic N) is 2. The van der Waals surface area contributed by atoms with Crippen molar-refractivity contribution in [1.82, 2.24) is 4.90 Å². The second-order valence-electron chi connectivity index (χ2n) is 5.73. The summed E-state index contributed by atoms with van der Waals surface area (Å²) >= 11 is 0. The van der Waals surface area contributed by atoms with Crippen molar-refractivity contribution in [1.29, 1.82) is 0 Å². The molecule has 2 rings (SSSR count). The molecule has 0 spiro atoms. The first-order valence-corrected chi connectivity index (χ1v) is 7.66. The maximum Gasteiger partial charge on any atom is 0.282 e. The van der Waals surface area contributed by atoms with Crippen LogP contribution in [0.4, 0.5) is 11.4 Å². The Labute approximate surface area is 145 Å². The monoisotopic (exact) mass is 341 g/mol. The fourth-order valence-corrected chi connectivity index (χ4v) is 2.38. The van der Waals surface area contributed by atoms with Crippen LogP contribution in [-0.4, -0.2) is 35.2 Å². The van der Waals surface area contributed by atoms with E-state index in [2.05, 4.69) is 5.32 Å². The summed E-state index contributed by atoms with van der Waals surface area (Å²) in [4.78, 5) is 36.2. The molecular formula is C18H19N3O4. The van der Waals surface area contributed by atoms with Crippen LogP contribution in [-0.2, 0) is 4.79 Å². The standard InChI is InChI=1S/C18H19N3O4/c1-12-7-6-9-15(13(12)2)19-17(22)11-20(3)18(23)14-8-4-5-10-16(14)21(24)25/h4-10H,11H2,1-3H3,(H,19,22). The van der Waals surface area contributed by atoms with Crippen LogP contribution in [0.15, 0.2) is 42.5 Å². The molecule has 0 saturated heterocycles. The van der Waals surface area contributed by atoms with Gasteiger partial charge in [0.15, 0.2) is 0 Å². The van der Waals surface area contributed by atoms with E-state index in [1.807, 2.05) is 26.0 Å². The molecule has 2 aromatic rings. The molecular weight excluding hydrogens is 322 g/mol. The Morgan fingerprint density at radius 1 is 1.12 bits per heavy atom. The molecule has 0 atom stereocenters. The zero-order valence-corrected chi connectivity index (χ0v) is 14.3. The van der Waals surface area contributed by atoms with E-state index in [-0.39, 0.29) is 23.7 Å². The molecule has 0 bridgehead atoms. The number of nitro groups is 1. The molecule has 130 valence electrons. The number of amides is 2. The third-order valence-corrected chi connectivity index (χ3v) is 3.94. The minimum Gasteiger partial charge on any atom is -0.332 e. The normalized spacial score (nSPS) is 10.2. The van der Waals surface area contributed by atoms with Crippen LogP contribution < -0.4 is 5.32 Å². The lowest BCUT2D eigenvalue weighted by Gasteiger charge is -2.17. The minimum absolute atomic E-state index is 0.0467. The van der Waals surface area contributed by atoms with Crippen LogP contribution in [0.5, 0.6) is 0 Å². The van der Waals surface area contributed by atoms with Crippen LogP contribution in [0.25, 0.3) is 0 Å². The van der Waals surface area contributed by atoms with Gasteiger partial charge in [0, 0.05) is 18.8 Å². The second kappa shape index (κ2) is 7.57. The van der Waals surface area contributed by atoms with E-state index in [0.717, 1.165) is 16.0 Å². The number of anilines is 1. The Kier molecular flexibility index (Phi) is 5.49. The zero-order chi connectivity index (χ0) is 18.6. The van der Waals surface area contributed by atoms with Gasteiger partial charge in [-0.15, -0.1) is 0 Å². The van der Waals surface area contributed by atoms with Crippen molar-refractivity contribution in [2.45, 2.75) is 13.8 Å². The van der Waals surface area contributed by atoms with E-state index in [0.29, 0.717) is 5.69 Å². The first-order chi connectivity index (χ1) is 11.8. The van der Waals surface area contributed by atoms with Crippen molar-refractivity contribution in [3.8, 4) is 0 Å². The molecule has 0 unspecified atom stereocenters. The lowest BCUT2D eigenvalue weighted by Crippen LogP contribution is -2.35. The maximum atomic E-state index is 12.4. The Morgan fingerprint density at radius 3 is 2.48 bits per heavy atom. The van der Waals surface area contributed by atoms with Gasteiger partial charge in [0.25, 0.3) is 11.6 Å². The van der Waals surface area contributed by atoms with Crippen molar-refractivity contribution in [3.05, 3.63) is 69.3 Å². The summed E-state index contributed by atoms with van der Waals surface area (Å²) in [5.41, 5.74) is 2.34. The number of hydrogen-bond acceptors (Lipinski definition) is 4. The van der Waals surface area contributed by atoms with Gasteiger partial charge in [-0.1, -0.05) is 24.3 Å². The smallest absolute Gasteiger partial charge is 0.282 e. The van der Waals surface area contributed by atoms with E-state index in [4.69, 9.17) is 0 Å². The number of carbonyl (C=O) groups is 2. The van der Waals surface area contributed by atoms with E-state index in [9.17, 15) is 19.7 Å². The molecule has 0 aliphatic heterocycles. The van der Waals surface area contributed by atoms with Crippen LogP contribution in [0, 0.1) is 24.0 Å². The first kappa shape index (κ1) is 18.1. The molecule has 0 saturated carbocycles. The van der Waals surface area contributed by atoms with E-state index < -0.39 is 10.8 Å². The van der Waals surface area contributed by atoms with Gasteiger partial charge >= 0.3 is 0 Å². The van der Waals surface area contributed by atoms with Crippen molar-refractivity contribution in [2.24, 2.45) is 0 Å². The second-order valence-corrected chi connectivity index (χ2v) is 5.73. The van der Waals surface area contributed by atoms with Gasteiger partial charge in [-0.05, 0) is 37.1 Å². The Hall–Kier alpha value is -3.22.